The summed E-state index contributed by atoms with van der Waals surface area (Å²) < 4.78 is 11.3. The molecule has 0 aliphatic rings. The number of hydrogen-bond acceptors (Lipinski definition) is 5. The van der Waals surface area contributed by atoms with Gasteiger partial charge in [0.25, 0.3) is 0 Å². The monoisotopic (exact) mass is 552 g/mol. The lowest BCUT2D eigenvalue weighted by Crippen LogP contribution is -2.53. The summed E-state index contributed by atoms with van der Waals surface area (Å²) in [7, 11) is 1.27. The molecule has 2 aromatic rings. The van der Waals surface area contributed by atoms with Gasteiger partial charge in [0, 0.05) is 16.4 Å². The number of esters is 1. The molecule has 0 radical (unpaired) electrons. The van der Waals surface area contributed by atoms with Gasteiger partial charge < -0.3 is 20.1 Å². The predicted octanol–water partition coefficient (Wildman–Crippen LogP) is 3.63. The van der Waals surface area contributed by atoms with Gasteiger partial charge in [-0.2, -0.15) is 0 Å². The van der Waals surface area contributed by atoms with Gasteiger partial charge >= 0.3 is 12.1 Å². The number of amides is 2. The average molecular weight is 552 g/mol. The van der Waals surface area contributed by atoms with Crippen LogP contribution in [0.1, 0.15) is 31.9 Å². The van der Waals surface area contributed by atoms with Gasteiger partial charge in [0.1, 0.15) is 17.7 Å². The van der Waals surface area contributed by atoms with Crippen LogP contribution >= 0.6 is 22.6 Å². The van der Waals surface area contributed by atoms with E-state index in [2.05, 4.69) is 33.2 Å². The molecule has 2 atom stereocenters. The number of nitrogens with one attached hydrogen (secondary N) is 2. The van der Waals surface area contributed by atoms with Crippen molar-refractivity contribution in [1.29, 1.82) is 0 Å². The normalized spacial score (nSPS) is 12.9. The summed E-state index contributed by atoms with van der Waals surface area (Å²) in [5.74, 6) is -1.06. The average Bonchev–Trinajstić information content (AvgIpc) is 2.73. The Labute approximate surface area is 202 Å². The predicted molar refractivity (Wildman–Crippen MR) is 130 cm³/mol. The Morgan fingerprint density at radius 2 is 1.44 bits per heavy atom. The van der Waals surface area contributed by atoms with E-state index in [1.165, 1.54) is 7.11 Å². The van der Waals surface area contributed by atoms with Gasteiger partial charge in [0.2, 0.25) is 5.91 Å². The Kier molecular flexibility index (Phi) is 9.49. The van der Waals surface area contributed by atoms with E-state index in [1.807, 2.05) is 54.6 Å². The standard InChI is InChI=1S/C24H29IN2O5/c1-24(2,3)32-23(30)27-19(14-17-10-12-18(25)13-11-17)21(28)26-20(22(29)31-4)15-16-8-6-5-7-9-16/h5-13,19-20H,14-15H2,1-4H3,(H,26,28)(H,27,30)/t19-,20-/m0/s1. The summed E-state index contributed by atoms with van der Waals surface area (Å²) in [6.07, 6.45) is -0.204. The molecule has 0 spiro atoms. The first-order valence-corrected chi connectivity index (χ1v) is 11.3. The van der Waals surface area contributed by atoms with E-state index in [-0.39, 0.29) is 12.8 Å². The number of halogens is 1. The third kappa shape index (κ3) is 8.86. The van der Waals surface area contributed by atoms with Crippen molar-refractivity contribution in [3.63, 3.8) is 0 Å². The third-order valence-corrected chi connectivity index (χ3v) is 5.16. The smallest absolute Gasteiger partial charge is 0.408 e. The molecule has 172 valence electrons. The number of benzene rings is 2. The lowest BCUT2D eigenvalue weighted by atomic mass is 10.0. The number of ether oxygens (including phenoxy) is 2. The summed E-state index contributed by atoms with van der Waals surface area (Å²) >= 11 is 2.20. The van der Waals surface area contributed by atoms with Gasteiger partial charge in [0.15, 0.2) is 0 Å². The molecule has 2 N–H and O–H groups in total. The van der Waals surface area contributed by atoms with E-state index in [9.17, 15) is 14.4 Å². The van der Waals surface area contributed by atoms with E-state index in [0.717, 1.165) is 14.7 Å². The highest BCUT2D eigenvalue weighted by Gasteiger charge is 2.29. The number of carbonyl (C=O) groups excluding carboxylic acids is 3. The minimum Gasteiger partial charge on any atom is -0.467 e. The van der Waals surface area contributed by atoms with E-state index in [1.54, 1.807) is 20.8 Å². The summed E-state index contributed by atoms with van der Waals surface area (Å²) in [4.78, 5) is 37.9. The lowest BCUT2D eigenvalue weighted by Gasteiger charge is -2.25. The number of carbonyl (C=O) groups is 3. The molecule has 0 saturated heterocycles. The van der Waals surface area contributed by atoms with Gasteiger partial charge in [-0.15, -0.1) is 0 Å². The van der Waals surface area contributed by atoms with Crippen LogP contribution in [-0.2, 0) is 31.9 Å². The number of rotatable bonds is 8. The first kappa shape index (κ1) is 25.6. The second-order valence-electron chi connectivity index (χ2n) is 8.30. The summed E-state index contributed by atoms with van der Waals surface area (Å²) in [6.45, 7) is 5.23. The zero-order chi connectivity index (χ0) is 23.7. The Bertz CT molecular complexity index is 910. The Balaban J connectivity index is 2.20. The Morgan fingerprint density at radius 3 is 2.00 bits per heavy atom. The van der Waals surface area contributed by atoms with Crippen LogP contribution in [0, 0.1) is 3.57 Å². The van der Waals surface area contributed by atoms with Crippen LogP contribution in [0.5, 0.6) is 0 Å². The third-order valence-electron chi connectivity index (χ3n) is 4.45. The zero-order valence-corrected chi connectivity index (χ0v) is 20.8. The molecule has 0 aromatic heterocycles. The van der Waals surface area contributed by atoms with Gasteiger partial charge in [-0.1, -0.05) is 42.5 Å². The SMILES string of the molecule is COC(=O)[C@H](Cc1ccccc1)NC(=O)[C@H](Cc1ccc(I)cc1)NC(=O)OC(C)(C)C. The highest BCUT2D eigenvalue weighted by molar-refractivity contribution is 14.1. The van der Waals surface area contributed by atoms with Crippen LogP contribution in [0.15, 0.2) is 54.6 Å². The number of hydrogen-bond donors (Lipinski definition) is 2. The van der Waals surface area contributed by atoms with Crippen molar-refractivity contribution in [3.05, 3.63) is 69.3 Å². The largest absolute Gasteiger partial charge is 0.467 e. The molecule has 2 amide bonds. The van der Waals surface area contributed by atoms with E-state index >= 15 is 0 Å². The Morgan fingerprint density at radius 1 is 0.875 bits per heavy atom. The van der Waals surface area contributed by atoms with E-state index in [4.69, 9.17) is 9.47 Å². The number of methoxy groups -OCH3 is 1. The van der Waals surface area contributed by atoms with E-state index < -0.39 is 35.7 Å². The van der Waals surface area contributed by atoms with Gasteiger partial charge in [-0.25, -0.2) is 9.59 Å². The van der Waals surface area contributed by atoms with Crippen LogP contribution < -0.4 is 10.6 Å². The molecule has 0 saturated carbocycles. The summed E-state index contributed by atoms with van der Waals surface area (Å²) in [6, 6.07) is 15.1. The lowest BCUT2D eigenvalue weighted by molar-refractivity contribution is -0.145. The molecular weight excluding hydrogens is 523 g/mol. The van der Waals surface area contributed by atoms with Crippen molar-refractivity contribution in [1.82, 2.24) is 10.6 Å². The highest BCUT2D eigenvalue weighted by atomic mass is 127. The van der Waals surface area contributed by atoms with Crippen LogP contribution in [0.25, 0.3) is 0 Å². The molecule has 32 heavy (non-hydrogen) atoms. The minimum atomic E-state index is -0.937. The van der Waals surface area contributed by atoms with Gasteiger partial charge in [0.05, 0.1) is 7.11 Å². The summed E-state index contributed by atoms with van der Waals surface area (Å²) in [5.41, 5.74) is 1.02. The van der Waals surface area contributed by atoms with Crippen LogP contribution in [0.2, 0.25) is 0 Å². The van der Waals surface area contributed by atoms with Crippen molar-refractivity contribution in [2.75, 3.05) is 7.11 Å². The molecule has 2 rings (SSSR count). The topological polar surface area (TPSA) is 93.7 Å². The van der Waals surface area contributed by atoms with Crippen LogP contribution in [0.4, 0.5) is 4.79 Å². The van der Waals surface area contributed by atoms with Crippen molar-refractivity contribution >= 4 is 40.6 Å². The van der Waals surface area contributed by atoms with Crippen LogP contribution in [0.3, 0.4) is 0 Å². The molecule has 0 aliphatic carbocycles. The fourth-order valence-corrected chi connectivity index (χ4v) is 3.33. The molecule has 0 unspecified atom stereocenters. The molecule has 2 aromatic carbocycles. The van der Waals surface area contributed by atoms with Crippen molar-refractivity contribution in [2.45, 2.75) is 51.3 Å². The molecule has 0 aliphatic heterocycles. The van der Waals surface area contributed by atoms with Crippen molar-refractivity contribution < 1.29 is 23.9 Å². The van der Waals surface area contributed by atoms with Gasteiger partial charge in [-0.05, 0) is 66.6 Å². The minimum absolute atomic E-state index is 0.237. The van der Waals surface area contributed by atoms with Crippen molar-refractivity contribution in [2.24, 2.45) is 0 Å². The Hall–Kier alpha value is -2.62. The summed E-state index contributed by atoms with van der Waals surface area (Å²) in [5, 5.41) is 5.37. The first-order chi connectivity index (χ1) is 15.1. The first-order valence-electron chi connectivity index (χ1n) is 10.2. The molecule has 0 bridgehead atoms. The van der Waals surface area contributed by atoms with Crippen molar-refractivity contribution in [3.8, 4) is 0 Å². The second-order valence-corrected chi connectivity index (χ2v) is 9.55. The fourth-order valence-electron chi connectivity index (χ4n) is 2.97. The fraction of sp³-hybridized carbons (Fsp3) is 0.375. The highest BCUT2D eigenvalue weighted by Crippen LogP contribution is 2.12. The zero-order valence-electron chi connectivity index (χ0n) is 18.7. The molecule has 8 heteroatoms. The second kappa shape index (κ2) is 11.8. The van der Waals surface area contributed by atoms with E-state index in [0.29, 0.717) is 0 Å². The van der Waals surface area contributed by atoms with Crippen LogP contribution in [-0.4, -0.2) is 42.8 Å². The molecular formula is C24H29IN2O5. The van der Waals surface area contributed by atoms with Gasteiger partial charge in [-0.3, -0.25) is 4.79 Å². The maximum atomic E-state index is 13.1. The molecule has 7 nitrogen and oxygen atoms in total. The maximum Gasteiger partial charge on any atom is 0.408 e. The maximum absolute atomic E-state index is 13.1. The quantitative estimate of drug-likeness (QED) is 0.386. The number of alkyl carbamates (subject to hydrolysis) is 1. The molecule has 0 heterocycles. The molecule has 0 fully saturated rings.